The van der Waals surface area contributed by atoms with E-state index in [2.05, 4.69) is 27.2 Å². The Morgan fingerprint density at radius 1 is 0.603 bits per heavy atom. The van der Waals surface area contributed by atoms with E-state index in [0.717, 1.165) is 110 Å². The molecule has 10 rings (SSSR count). The smallest absolute Gasteiger partial charge is 0.410 e. The molecule has 14 nitrogen and oxygen atoms in total. The van der Waals surface area contributed by atoms with Gasteiger partial charge in [0.15, 0.2) is 23.0 Å². The summed E-state index contributed by atoms with van der Waals surface area (Å²) in [6.07, 6.45) is 3.42. The van der Waals surface area contributed by atoms with Crippen molar-refractivity contribution in [1.29, 1.82) is 0 Å². The Morgan fingerprint density at radius 2 is 1.07 bits per heavy atom. The van der Waals surface area contributed by atoms with Crippen LogP contribution in [0.3, 0.4) is 0 Å². The molecule has 0 spiro atoms. The first-order chi connectivity index (χ1) is 35.1. The van der Waals surface area contributed by atoms with Gasteiger partial charge in [-0.2, -0.15) is 0 Å². The highest BCUT2D eigenvalue weighted by molar-refractivity contribution is 6.36. The predicted molar refractivity (Wildman–Crippen MR) is 289 cm³/mol. The number of aromatic nitrogens is 2. The molecule has 0 radical (unpaired) electrons. The molecule has 0 saturated carbocycles. The third kappa shape index (κ3) is 13.4. The fourth-order valence-corrected chi connectivity index (χ4v) is 10.7. The lowest BCUT2D eigenvalue weighted by atomic mass is 10.0. The highest BCUT2D eigenvalue weighted by Gasteiger charge is 2.32. The summed E-state index contributed by atoms with van der Waals surface area (Å²) in [7, 11) is 0. The molecule has 0 bridgehead atoms. The molecule has 2 saturated heterocycles. The number of benzene rings is 4. The molecular weight excluding hydrogens is 1010 g/mol. The Hall–Kier alpha value is -5.19. The first-order valence-corrected chi connectivity index (χ1v) is 26.6. The van der Waals surface area contributed by atoms with Crippen LogP contribution in [0.15, 0.2) is 94.5 Å². The maximum absolute atomic E-state index is 13.3. The van der Waals surface area contributed by atoms with Crippen LogP contribution in [-0.2, 0) is 30.9 Å². The van der Waals surface area contributed by atoms with Crippen LogP contribution >= 0.6 is 46.4 Å². The van der Waals surface area contributed by atoms with Gasteiger partial charge in [-0.15, -0.1) is 0 Å². The number of carbonyl (C=O) groups excluding carboxylic acids is 1. The van der Waals surface area contributed by atoms with Crippen LogP contribution in [0, 0.1) is 0 Å². The lowest BCUT2D eigenvalue weighted by Crippen LogP contribution is -2.49. The zero-order valence-corrected chi connectivity index (χ0v) is 44.5. The largest absolute Gasteiger partial charge is 0.486 e. The van der Waals surface area contributed by atoms with Crippen molar-refractivity contribution in [3.8, 4) is 23.0 Å². The van der Waals surface area contributed by atoms with Gasteiger partial charge in [-0.25, -0.2) is 4.79 Å². The predicted octanol–water partition coefficient (Wildman–Crippen LogP) is 10.3. The molecule has 0 aliphatic carbocycles. The maximum Gasteiger partial charge on any atom is 0.410 e. The van der Waals surface area contributed by atoms with E-state index >= 15 is 0 Å². The van der Waals surface area contributed by atoms with Crippen molar-refractivity contribution in [2.24, 2.45) is 0 Å². The van der Waals surface area contributed by atoms with Crippen molar-refractivity contribution in [3.05, 3.63) is 137 Å². The van der Waals surface area contributed by atoms with Gasteiger partial charge >= 0.3 is 6.09 Å². The third-order valence-electron chi connectivity index (χ3n) is 13.7. The topological polar surface area (TPSA) is 129 Å². The first-order valence-electron chi connectivity index (χ1n) is 25.1. The minimum Gasteiger partial charge on any atom is -0.486 e. The number of rotatable bonds is 12. The number of halogens is 4. The summed E-state index contributed by atoms with van der Waals surface area (Å²) >= 11 is 25.0. The Bertz CT molecular complexity index is 3060. The molecule has 0 unspecified atom stereocenters. The van der Waals surface area contributed by atoms with E-state index in [1.807, 2.05) is 68.1 Å². The number of hydrogen-bond acceptors (Lipinski definition) is 11. The number of ether oxygens (including phenoxy) is 5. The van der Waals surface area contributed by atoms with E-state index in [9.17, 15) is 14.4 Å². The molecule has 1 N–H and O–H groups in total. The summed E-state index contributed by atoms with van der Waals surface area (Å²) in [6.45, 7) is 15.4. The molecule has 2 fully saturated rings. The summed E-state index contributed by atoms with van der Waals surface area (Å²) in [5, 5.41) is 7.38. The number of nitrogens with one attached hydrogen (secondary N) is 1. The van der Waals surface area contributed by atoms with Gasteiger partial charge in [-0.05, 0) is 131 Å². The number of piperidine rings is 2. The van der Waals surface area contributed by atoms with E-state index < -0.39 is 5.60 Å². The summed E-state index contributed by atoms with van der Waals surface area (Å²) in [4.78, 5) is 45.3. The van der Waals surface area contributed by atoms with Crippen molar-refractivity contribution in [1.82, 2.24) is 29.2 Å². The SMILES string of the molecule is CC(C)(C)OC(=O)N(Cc1ccc2c(c1)OCCO2)C1CCN(CCn2c(=O)cc(Cl)c3ccc(Cl)cc32)CC1.O=c1cc(Cl)c2ccc(Cl)cc2n1CCN1CCC(NCc2ccc3c(c2)OCCO3)CC1. The summed E-state index contributed by atoms with van der Waals surface area (Å²) < 4.78 is 32.0. The molecule has 1 amide bonds. The average molecular weight is 1080 g/mol. The number of hydrogen-bond donors (Lipinski definition) is 1. The van der Waals surface area contributed by atoms with Gasteiger partial charge in [-0.3, -0.25) is 9.59 Å². The fraction of sp³-hybridized carbons (Fsp3) is 0.436. The Kier molecular flexibility index (Phi) is 17.0. The third-order valence-corrected chi connectivity index (χ3v) is 14.8. The molecule has 4 aliphatic rings. The molecule has 0 atom stereocenters. The van der Waals surface area contributed by atoms with Gasteiger partial charge in [0, 0.05) is 97.4 Å². The molecule has 73 heavy (non-hydrogen) atoms. The summed E-state index contributed by atoms with van der Waals surface area (Å²) in [5.41, 5.74) is 2.85. The number of carbonyl (C=O) groups is 1. The Balaban J connectivity index is 0.000000183. The summed E-state index contributed by atoms with van der Waals surface area (Å²) in [6, 6.07) is 26.3. The summed E-state index contributed by atoms with van der Waals surface area (Å²) in [5.74, 6) is 3.09. The molecule has 18 heteroatoms. The van der Waals surface area contributed by atoms with Crippen LogP contribution in [0.1, 0.15) is 57.6 Å². The van der Waals surface area contributed by atoms with Crippen LogP contribution < -0.4 is 35.4 Å². The average Bonchev–Trinajstić information content (AvgIpc) is 3.37. The van der Waals surface area contributed by atoms with Gasteiger partial charge in [0.25, 0.3) is 11.1 Å². The van der Waals surface area contributed by atoms with Crippen LogP contribution in [0.5, 0.6) is 23.0 Å². The lowest BCUT2D eigenvalue weighted by Gasteiger charge is -2.39. The highest BCUT2D eigenvalue weighted by Crippen LogP contribution is 2.34. The van der Waals surface area contributed by atoms with Crippen LogP contribution in [-0.4, -0.2) is 113 Å². The monoisotopic (exact) mass is 1070 g/mol. The van der Waals surface area contributed by atoms with Crippen LogP contribution in [0.4, 0.5) is 4.79 Å². The number of likely N-dealkylation sites (tertiary alicyclic amines) is 2. The van der Waals surface area contributed by atoms with Crippen LogP contribution in [0.2, 0.25) is 20.1 Å². The van der Waals surface area contributed by atoms with Gasteiger partial charge in [0.05, 0.1) is 21.1 Å². The molecule has 4 aliphatic heterocycles. The Morgan fingerprint density at radius 3 is 1.58 bits per heavy atom. The van der Waals surface area contributed by atoms with Gasteiger partial charge in [0.2, 0.25) is 0 Å². The number of fused-ring (bicyclic) bond motifs is 4. The molecule has 6 aromatic rings. The second-order valence-corrected chi connectivity index (χ2v) is 21.6. The number of amides is 1. The molecule has 6 heterocycles. The highest BCUT2D eigenvalue weighted by atomic mass is 35.5. The standard InChI is InChI=1S/C30H35Cl2N3O5.C25H27Cl2N3O3/c1-30(2,3)40-29(37)35(19-20-4-7-26-27(16-20)39-15-14-38-26)22-8-10-33(11-9-22)12-13-34-25-17-21(31)5-6-23(25)24(32)18-28(34)36;26-18-2-3-20-21(27)15-25(31)30(22(20)14-18)10-9-29-7-5-19(6-8-29)28-16-17-1-4-23-24(13-17)33-12-11-32-23/h4-7,16-18,22H,8-15,19H2,1-3H3;1-4,13-15,19,28H,5-12,16H2. The molecule has 388 valence electrons. The van der Waals surface area contributed by atoms with E-state index in [0.29, 0.717) is 84.5 Å². The lowest BCUT2D eigenvalue weighted by molar-refractivity contribution is 0.00562. The fourth-order valence-electron chi connectivity index (χ4n) is 9.89. The van der Waals surface area contributed by atoms with Crippen molar-refractivity contribution >= 4 is 74.3 Å². The first kappa shape index (κ1) is 52.7. The second kappa shape index (κ2) is 23.6. The van der Waals surface area contributed by atoms with E-state index in [1.54, 1.807) is 27.3 Å². The molecular formula is C55H62Cl4N6O8. The Labute approximate surface area is 445 Å². The minimum absolute atomic E-state index is 0.0252. The van der Waals surface area contributed by atoms with Crippen molar-refractivity contribution in [2.75, 3.05) is 65.7 Å². The van der Waals surface area contributed by atoms with Crippen molar-refractivity contribution in [2.45, 2.75) is 90.3 Å². The molecule has 2 aromatic heterocycles. The number of nitrogens with zero attached hydrogens (tertiary/aromatic N) is 5. The van der Waals surface area contributed by atoms with Gasteiger partial charge < -0.3 is 52.8 Å². The quantitative estimate of drug-likeness (QED) is 0.126. The molecule has 4 aromatic carbocycles. The number of pyridine rings is 2. The van der Waals surface area contributed by atoms with Gasteiger partial charge in [-0.1, -0.05) is 58.5 Å². The normalized spacial score (nSPS) is 16.5. The van der Waals surface area contributed by atoms with E-state index in [1.165, 1.54) is 17.7 Å². The van der Waals surface area contributed by atoms with E-state index in [4.69, 9.17) is 70.1 Å². The van der Waals surface area contributed by atoms with Crippen molar-refractivity contribution < 1.29 is 28.5 Å². The van der Waals surface area contributed by atoms with Crippen LogP contribution in [0.25, 0.3) is 21.8 Å². The zero-order chi connectivity index (χ0) is 51.2. The van der Waals surface area contributed by atoms with Gasteiger partial charge in [0.1, 0.15) is 32.0 Å². The second-order valence-electron chi connectivity index (χ2n) is 19.9. The zero-order valence-electron chi connectivity index (χ0n) is 41.5. The van der Waals surface area contributed by atoms with E-state index in [-0.39, 0.29) is 23.3 Å². The maximum atomic E-state index is 13.3. The van der Waals surface area contributed by atoms with Crippen molar-refractivity contribution in [3.63, 3.8) is 0 Å². The minimum atomic E-state index is -0.597.